The van der Waals surface area contributed by atoms with E-state index in [4.69, 9.17) is 9.47 Å². The fourth-order valence-corrected chi connectivity index (χ4v) is 4.29. The van der Waals surface area contributed by atoms with Crippen LogP contribution in [0.15, 0.2) is 73.3 Å². The predicted octanol–water partition coefficient (Wildman–Crippen LogP) is 4.46. The van der Waals surface area contributed by atoms with Gasteiger partial charge < -0.3 is 18.9 Å². The molecule has 8 nitrogen and oxygen atoms in total. The van der Waals surface area contributed by atoms with E-state index in [1.54, 1.807) is 19.6 Å². The van der Waals surface area contributed by atoms with E-state index in [1.807, 2.05) is 77.2 Å². The summed E-state index contributed by atoms with van der Waals surface area (Å²) in [4.78, 5) is 28.5. The van der Waals surface area contributed by atoms with Crippen molar-refractivity contribution >= 4 is 5.91 Å². The average Bonchev–Trinajstić information content (AvgIpc) is 3.57. The van der Waals surface area contributed by atoms with E-state index in [2.05, 4.69) is 15.0 Å². The first-order valence-corrected chi connectivity index (χ1v) is 11.6. The van der Waals surface area contributed by atoms with Crippen LogP contribution in [0.1, 0.15) is 39.8 Å². The molecule has 178 valence electrons. The topological polar surface area (TPSA) is 82.4 Å². The van der Waals surface area contributed by atoms with Crippen molar-refractivity contribution < 1.29 is 14.3 Å². The van der Waals surface area contributed by atoms with Crippen LogP contribution in [0, 0.1) is 6.92 Å². The fourth-order valence-electron chi connectivity index (χ4n) is 4.29. The molecule has 1 atom stereocenters. The molecule has 4 aromatic rings. The summed E-state index contributed by atoms with van der Waals surface area (Å²) in [6.07, 6.45) is 6.24. The molecule has 1 aliphatic rings. The van der Waals surface area contributed by atoms with Gasteiger partial charge in [0.05, 0.1) is 13.4 Å². The van der Waals surface area contributed by atoms with Gasteiger partial charge in [-0.3, -0.25) is 4.79 Å². The highest BCUT2D eigenvalue weighted by molar-refractivity contribution is 5.94. The van der Waals surface area contributed by atoms with Gasteiger partial charge in [0.25, 0.3) is 5.91 Å². The van der Waals surface area contributed by atoms with Gasteiger partial charge in [0.15, 0.2) is 0 Å². The third kappa shape index (κ3) is 5.32. The molecule has 3 heterocycles. The Morgan fingerprint density at radius 1 is 1.09 bits per heavy atom. The molecule has 8 heteroatoms. The lowest BCUT2D eigenvalue weighted by molar-refractivity contribution is 0.0790. The summed E-state index contributed by atoms with van der Waals surface area (Å²) in [7, 11) is 1.63. The first-order valence-electron chi connectivity index (χ1n) is 11.6. The number of benzene rings is 2. The molecule has 0 radical (unpaired) electrons. The molecule has 0 saturated carbocycles. The number of amides is 1. The maximum atomic E-state index is 13.2. The average molecular weight is 470 g/mol. The van der Waals surface area contributed by atoms with Gasteiger partial charge in [0.1, 0.15) is 17.3 Å². The Bertz CT molecular complexity index is 1300. The largest absolute Gasteiger partial charge is 0.497 e. The lowest BCUT2D eigenvalue weighted by atomic mass is 10.1. The Hall–Kier alpha value is -4.20. The number of imidazole rings is 1. The number of methoxy groups -OCH3 is 1. The second kappa shape index (κ2) is 9.97. The summed E-state index contributed by atoms with van der Waals surface area (Å²) in [5.74, 6) is 2.73. The predicted molar refractivity (Wildman–Crippen MR) is 131 cm³/mol. The van der Waals surface area contributed by atoms with E-state index >= 15 is 0 Å². The van der Waals surface area contributed by atoms with Crippen LogP contribution >= 0.6 is 0 Å². The number of aryl methyl sites for hydroxylation is 1. The van der Waals surface area contributed by atoms with Gasteiger partial charge >= 0.3 is 0 Å². The van der Waals surface area contributed by atoms with Crippen LogP contribution in [0.25, 0.3) is 0 Å². The van der Waals surface area contributed by atoms with Gasteiger partial charge in [0.2, 0.25) is 5.88 Å². The molecule has 1 saturated heterocycles. The number of carbonyl (C=O) groups is 1. The third-order valence-electron chi connectivity index (χ3n) is 6.07. The van der Waals surface area contributed by atoms with Crippen molar-refractivity contribution in [3.05, 3.63) is 96.0 Å². The zero-order valence-corrected chi connectivity index (χ0v) is 19.8. The summed E-state index contributed by atoms with van der Waals surface area (Å²) in [5, 5.41) is 0. The van der Waals surface area contributed by atoms with Crippen molar-refractivity contribution in [2.24, 2.45) is 0 Å². The molecular weight excluding hydrogens is 442 g/mol. The molecule has 5 rings (SSSR count). The summed E-state index contributed by atoms with van der Waals surface area (Å²) >= 11 is 0. The SMILES string of the molecule is COc1ccc(Oc2cc(C)nc(C3CCN(C(=O)c4cccc(Cn5ccnc5)c4)C3)n2)cc1. The molecule has 35 heavy (non-hydrogen) atoms. The van der Waals surface area contributed by atoms with E-state index in [0.717, 1.165) is 23.4 Å². The van der Waals surface area contributed by atoms with Gasteiger partial charge in [-0.05, 0) is 55.3 Å². The second-order valence-electron chi connectivity index (χ2n) is 8.66. The Kier molecular flexibility index (Phi) is 6.43. The monoisotopic (exact) mass is 469 g/mol. The number of nitrogens with zero attached hydrogens (tertiary/aromatic N) is 5. The lowest BCUT2D eigenvalue weighted by Gasteiger charge is -2.17. The molecule has 1 unspecified atom stereocenters. The summed E-state index contributed by atoms with van der Waals surface area (Å²) in [5.41, 5.74) is 2.58. The van der Waals surface area contributed by atoms with E-state index in [0.29, 0.717) is 42.7 Å². The second-order valence-corrected chi connectivity index (χ2v) is 8.66. The first-order chi connectivity index (χ1) is 17.1. The van der Waals surface area contributed by atoms with Crippen LogP contribution in [0.5, 0.6) is 17.4 Å². The van der Waals surface area contributed by atoms with Crippen LogP contribution < -0.4 is 9.47 Å². The lowest BCUT2D eigenvalue weighted by Crippen LogP contribution is -2.28. The minimum absolute atomic E-state index is 0.0299. The van der Waals surface area contributed by atoms with Gasteiger partial charge in [-0.25, -0.2) is 9.97 Å². The summed E-state index contributed by atoms with van der Waals surface area (Å²) in [6.45, 7) is 3.85. The Morgan fingerprint density at radius 3 is 2.69 bits per heavy atom. The molecule has 0 bridgehead atoms. The molecule has 1 amide bonds. The number of ether oxygens (including phenoxy) is 2. The molecular formula is C27H27N5O3. The van der Waals surface area contributed by atoms with Crippen LogP contribution in [0.3, 0.4) is 0 Å². The number of rotatable bonds is 7. The van der Waals surface area contributed by atoms with Crippen LogP contribution in [-0.2, 0) is 6.54 Å². The van der Waals surface area contributed by atoms with Gasteiger partial charge in [0, 0.05) is 55.3 Å². The van der Waals surface area contributed by atoms with Crippen molar-refractivity contribution in [2.45, 2.75) is 25.8 Å². The highest BCUT2D eigenvalue weighted by atomic mass is 16.5. The Morgan fingerprint density at radius 2 is 1.91 bits per heavy atom. The molecule has 1 fully saturated rings. The van der Waals surface area contributed by atoms with Gasteiger partial charge in [-0.2, -0.15) is 4.98 Å². The van der Waals surface area contributed by atoms with E-state index < -0.39 is 0 Å². The molecule has 1 aliphatic heterocycles. The van der Waals surface area contributed by atoms with Gasteiger partial charge in [-0.1, -0.05) is 12.1 Å². The smallest absolute Gasteiger partial charge is 0.253 e. The molecule has 0 N–H and O–H groups in total. The number of hydrogen-bond acceptors (Lipinski definition) is 6. The first kappa shape index (κ1) is 22.6. The minimum atomic E-state index is 0.0299. The highest BCUT2D eigenvalue weighted by Crippen LogP contribution is 2.29. The van der Waals surface area contributed by atoms with Crippen molar-refractivity contribution in [1.82, 2.24) is 24.4 Å². The van der Waals surface area contributed by atoms with E-state index in [-0.39, 0.29) is 11.8 Å². The quantitative estimate of drug-likeness (QED) is 0.397. The normalized spacial score (nSPS) is 15.3. The maximum Gasteiger partial charge on any atom is 0.253 e. The van der Waals surface area contributed by atoms with E-state index in [9.17, 15) is 4.79 Å². The van der Waals surface area contributed by atoms with Gasteiger partial charge in [-0.15, -0.1) is 0 Å². The Labute approximate surface area is 204 Å². The number of likely N-dealkylation sites (tertiary alicyclic amines) is 1. The molecule has 0 spiro atoms. The van der Waals surface area contributed by atoms with Crippen LogP contribution in [-0.4, -0.2) is 50.5 Å². The number of hydrogen-bond donors (Lipinski definition) is 0. The third-order valence-corrected chi connectivity index (χ3v) is 6.07. The maximum absolute atomic E-state index is 13.2. The van der Waals surface area contributed by atoms with Crippen molar-refractivity contribution in [2.75, 3.05) is 20.2 Å². The highest BCUT2D eigenvalue weighted by Gasteiger charge is 2.30. The molecule has 2 aromatic carbocycles. The Balaban J connectivity index is 1.27. The van der Waals surface area contributed by atoms with E-state index in [1.165, 1.54) is 0 Å². The number of carbonyl (C=O) groups excluding carboxylic acids is 1. The standard InChI is InChI=1S/C27H27N5O3/c1-19-14-25(35-24-8-6-23(34-2)7-9-24)30-26(29-19)22-10-12-32(17-22)27(33)21-5-3-4-20(15-21)16-31-13-11-28-18-31/h3-9,11,13-15,18,22H,10,12,16-17H2,1-2H3. The van der Waals surface area contributed by atoms with Crippen molar-refractivity contribution in [3.8, 4) is 17.4 Å². The minimum Gasteiger partial charge on any atom is -0.497 e. The zero-order valence-electron chi connectivity index (χ0n) is 19.8. The zero-order chi connectivity index (χ0) is 24.2. The van der Waals surface area contributed by atoms with Crippen LogP contribution in [0.4, 0.5) is 0 Å². The summed E-state index contributed by atoms with van der Waals surface area (Å²) in [6, 6.07) is 17.0. The number of aromatic nitrogens is 4. The van der Waals surface area contributed by atoms with Crippen molar-refractivity contribution in [1.29, 1.82) is 0 Å². The fraction of sp³-hybridized carbons (Fsp3) is 0.259. The van der Waals surface area contributed by atoms with Crippen LogP contribution in [0.2, 0.25) is 0 Å². The summed E-state index contributed by atoms with van der Waals surface area (Å²) < 4.78 is 13.1. The van der Waals surface area contributed by atoms with Crippen molar-refractivity contribution in [3.63, 3.8) is 0 Å². The molecule has 2 aromatic heterocycles. The molecule has 0 aliphatic carbocycles.